The molecule has 0 saturated heterocycles. The Hall–Kier alpha value is -5.42. The Morgan fingerprint density at radius 3 is 1.27 bits per heavy atom. The standard InChI is InChI=1S/C40H28ClN3O/c41-34-26-24-33(25-27-34)40(45,36-19-11-10-18-35(36)28-12-4-1-5-13-28)32-22-20-31(21-23-32)39-43-37(29-14-6-2-7-15-29)42-38(44-39)30-16-8-3-9-17-30/h1-27,45H. The molecule has 0 spiro atoms. The zero-order valence-electron chi connectivity index (χ0n) is 24.3. The molecule has 7 rings (SSSR count). The Balaban J connectivity index is 1.37. The highest BCUT2D eigenvalue weighted by molar-refractivity contribution is 6.30. The van der Waals surface area contributed by atoms with Crippen LogP contribution in [0.1, 0.15) is 16.7 Å². The molecular weight excluding hydrogens is 574 g/mol. The Labute approximate surface area is 267 Å². The highest BCUT2D eigenvalue weighted by atomic mass is 35.5. The largest absolute Gasteiger partial charge is 0.376 e. The number of nitrogens with zero attached hydrogens (tertiary/aromatic N) is 3. The Morgan fingerprint density at radius 2 is 0.778 bits per heavy atom. The second-order valence-corrected chi connectivity index (χ2v) is 11.2. The highest BCUT2D eigenvalue weighted by Crippen LogP contribution is 2.42. The van der Waals surface area contributed by atoms with E-state index < -0.39 is 5.60 Å². The lowest BCUT2D eigenvalue weighted by Crippen LogP contribution is -2.29. The summed E-state index contributed by atoms with van der Waals surface area (Å²) in [5.74, 6) is 1.74. The summed E-state index contributed by atoms with van der Waals surface area (Å²) in [6.45, 7) is 0. The minimum atomic E-state index is -1.47. The lowest BCUT2D eigenvalue weighted by atomic mass is 9.77. The maximum absolute atomic E-state index is 12.8. The molecule has 0 fully saturated rings. The first-order valence-electron chi connectivity index (χ1n) is 14.7. The van der Waals surface area contributed by atoms with Crippen molar-refractivity contribution < 1.29 is 5.11 Å². The summed E-state index contributed by atoms with van der Waals surface area (Å²) in [4.78, 5) is 14.6. The van der Waals surface area contributed by atoms with E-state index in [1.165, 1.54) is 0 Å². The summed E-state index contributed by atoms with van der Waals surface area (Å²) in [5.41, 5.74) is 5.29. The van der Waals surface area contributed by atoms with E-state index in [0.29, 0.717) is 33.6 Å². The molecule has 0 aliphatic carbocycles. The zero-order valence-corrected chi connectivity index (χ0v) is 25.0. The van der Waals surface area contributed by atoms with Crippen molar-refractivity contribution in [1.82, 2.24) is 15.0 Å². The molecule has 216 valence electrons. The van der Waals surface area contributed by atoms with Crippen LogP contribution >= 0.6 is 11.6 Å². The van der Waals surface area contributed by atoms with Crippen molar-refractivity contribution in [3.63, 3.8) is 0 Å². The van der Waals surface area contributed by atoms with Gasteiger partial charge in [-0.2, -0.15) is 0 Å². The van der Waals surface area contributed by atoms with E-state index in [9.17, 15) is 5.11 Å². The first kappa shape index (κ1) is 28.4. The zero-order chi connectivity index (χ0) is 30.6. The number of hydrogen-bond donors (Lipinski definition) is 1. The molecule has 1 atom stereocenters. The molecular formula is C40H28ClN3O. The fourth-order valence-corrected chi connectivity index (χ4v) is 5.76. The summed E-state index contributed by atoms with van der Waals surface area (Å²) in [7, 11) is 0. The second kappa shape index (κ2) is 12.3. The molecule has 1 unspecified atom stereocenters. The predicted octanol–water partition coefficient (Wildman–Crippen LogP) is 9.48. The number of benzene rings is 6. The highest BCUT2D eigenvalue weighted by Gasteiger charge is 2.36. The Bertz CT molecular complexity index is 1990. The van der Waals surface area contributed by atoms with Gasteiger partial charge in [-0.1, -0.05) is 163 Å². The first-order valence-corrected chi connectivity index (χ1v) is 15.1. The molecule has 4 nitrogen and oxygen atoms in total. The molecule has 45 heavy (non-hydrogen) atoms. The van der Waals surface area contributed by atoms with Gasteiger partial charge in [-0.25, -0.2) is 15.0 Å². The first-order chi connectivity index (χ1) is 22.1. The van der Waals surface area contributed by atoms with Crippen molar-refractivity contribution in [2.75, 3.05) is 0 Å². The van der Waals surface area contributed by atoms with Gasteiger partial charge in [0.15, 0.2) is 17.5 Å². The van der Waals surface area contributed by atoms with Crippen LogP contribution in [0.3, 0.4) is 0 Å². The fraction of sp³-hybridized carbons (Fsp3) is 0.0250. The third-order valence-electron chi connectivity index (χ3n) is 7.92. The van der Waals surface area contributed by atoms with E-state index in [1.54, 1.807) is 0 Å². The van der Waals surface area contributed by atoms with Gasteiger partial charge >= 0.3 is 0 Å². The second-order valence-electron chi connectivity index (χ2n) is 10.7. The number of aliphatic hydroxyl groups is 1. The molecule has 0 aliphatic heterocycles. The molecule has 0 aliphatic rings. The van der Waals surface area contributed by atoms with Crippen LogP contribution in [-0.4, -0.2) is 20.1 Å². The lowest BCUT2D eigenvalue weighted by molar-refractivity contribution is 0.126. The number of rotatable bonds is 7. The SMILES string of the molecule is OC(c1ccc(Cl)cc1)(c1ccc(-c2nc(-c3ccccc3)nc(-c3ccccc3)n2)cc1)c1ccccc1-c1ccccc1. The van der Waals surface area contributed by atoms with E-state index in [4.69, 9.17) is 26.6 Å². The van der Waals surface area contributed by atoms with Crippen LogP contribution in [0.25, 0.3) is 45.3 Å². The van der Waals surface area contributed by atoms with E-state index in [2.05, 4.69) is 12.1 Å². The summed E-state index contributed by atoms with van der Waals surface area (Å²) < 4.78 is 0. The fourth-order valence-electron chi connectivity index (χ4n) is 5.63. The molecule has 0 saturated carbocycles. The van der Waals surface area contributed by atoms with Crippen molar-refractivity contribution in [1.29, 1.82) is 0 Å². The maximum atomic E-state index is 12.8. The minimum Gasteiger partial charge on any atom is -0.376 e. The average Bonchev–Trinajstić information content (AvgIpc) is 3.12. The van der Waals surface area contributed by atoms with Crippen molar-refractivity contribution in [2.24, 2.45) is 0 Å². The van der Waals surface area contributed by atoms with Crippen molar-refractivity contribution in [3.8, 4) is 45.3 Å². The normalized spacial score (nSPS) is 12.4. The molecule has 1 aromatic heterocycles. The van der Waals surface area contributed by atoms with Crippen molar-refractivity contribution in [3.05, 3.63) is 186 Å². The lowest BCUT2D eigenvalue weighted by Gasteiger charge is -2.32. The van der Waals surface area contributed by atoms with Gasteiger partial charge in [0.2, 0.25) is 0 Å². The van der Waals surface area contributed by atoms with Gasteiger partial charge in [0.25, 0.3) is 0 Å². The van der Waals surface area contributed by atoms with Gasteiger partial charge in [-0.15, -0.1) is 0 Å². The monoisotopic (exact) mass is 601 g/mol. The molecule has 0 bridgehead atoms. The molecule has 1 heterocycles. The van der Waals surface area contributed by atoms with Crippen LogP contribution in [-0.2, 0) is 5.60 Å². The van der Waals surface area contributed by atoms with E-state index in [-0.39, 0.29) is 0 Å². The van der Waals surface area contributed by atoms with Gasteiger partial charge < -0.3 is 5.11 Å². The van der Waals surface area contributed by atoms with Crippen molar-refractivity contribution in [2.45, 2.75) is 5.60 Å². The maximum Gasteiger partial charge on any atom is 0.164 e. The van der Waals surface area contributed by atoms with Crippen LogP contribution in [0.4, 0.5) is 0 Å². The van der Waals surface area contributed by atoms with Gasteiger partial charge in [-0.05, 0) is 34.4 Å². The van der Waals surface area contributed by atoms with E-state index >= 15 is 0 Å². The number of aromatic nitrogens is 3. The smallest absolute Gasteiger partial charge is 0.164 e. The molecule has 5 heteroatoms. The number of hydrogen-bond acceptors (Lipinski definition) is 4. The van der Waals surface area contributed by atoms with E-state index in [0.717, 1.165) is 33.4 Å². The molecule has 6 aromatic carbocycles. The van der Waals surface area contributed by atoms with Gasteiger partial charge in [0.05, 0.1) is 0 Å². The molecule has 7 aromatic rings. The van der Waals surface area contributed by atoms with Crippen LogP contribution < -0.4 is 0 Å². The van der Waals surface area contributed by atoms with Gasteiger partial charge in [-0.3, -0.25) is 0 Å². The minimum absolute atomic E-state index is 0.550. The third kappa shape index (κ3) is 5.65. The molecule has 0 radical (unpaired) electrons. The predicted molar refractivity (Wildman–Crippen MR) is 182 cm³/mol. The Morgan fingerprint density at radius 1 is 0.400 bits per heavy atom. The quantitative estimate of drug-likeness (QED) is 0.185. The van der Waals surface area contributed by atoms with Crippen LogP contribution in [0.15, 0.2) is 164 Å². The summed E-state index contributed by atoms with van der Waals surface area (Å²) in [6.07, 6.45) is 0. The third-order valence-corrected chi connectivity index (χ3v) is 8.18. The van der Waals surface area contributed by atoms with Crippen LogP contribution in [0.5, 0.6) is 0 Å². The summed E-state index contributed by atoms with van der Waals surface area (Å²) in [6, 6.07) is 53.1. The molecule has 1 N–H and O–H groups in total. The molecule has 0 amide bonds. The van der Waals surface area contributed by atoms with Crippen molar-refractivity contribution >= 4 is 11.6 Å². The number of halogens is 1. The van der Waals surface area contributed by atoms with Crippen LogP contribution in [0, 0.1) is 0 Å². The summed E-state index contributed by atoms with van der Waals surface area (Å²) in [5, 5.41) is 13.4. The summed E-state index contributed by atoms with van der Waals surface area (Å²) >= 11 is 6.28. The van der Waals surface area contributed by atoms with E-state index in [1.807, 2.05) is 152 Å². The van der Waals surface area contributed by atoms with Gasteiger partial charge in [0, 0.05) is 27.3 Å². The Kier molecular flexibility index (Phi) is 7.75. The average molecular weight is 602 g/mol. The van der Waals surface area contributed by atoms with Crippen LogP contribution in [0.2, 0.25) is 5.02 Å². The van der Waals surface area contributed by atoms with Gasteiger partial charge in [0.1, 0.15) is 5.60 Å². The topological polar surface area (TPSA) is 58.9 Å².